The van der Waals surface area contributed by atoms with Gasteiger partial charge in [-0.05, 0) is 112 Å². The Balaban J connectivity index is 1.18. The predicted molar refractivity (Wildman–Crippen MR) is 124 cm³/mol. The summed E-state index contributed by atoms with van der Waals surface area (Å²) in [5, 5.41) is 19.4. The third kappa shape index (κ3) is 3.55. The number of carbonyl (C=O) groups excluding carboxylic acids is 1. The smallest absolute Gasteiger partial charge is 0.159 e. The molecule has 0 bridgehead atoms. The Kier molecular flexibility index (Phi) is 4.99. The first-order chi connectivity index (χ1) is 15.7. The Labute approximate surface area is 195 Å². The zero-order valence-electron chi connectivity index (χ0n) is 19.8. The van der Waals surface area contributed by atoms with Crippen molar-refractivity contribution in [1.29, 1.82) is 0 Å². The standard InChI is InChI=1S/C27H36FN3O2/c1-26(33)11-9-18-16(14-26)3-5-20-19(18)10-12-27(2)21(20)6-7-22(27)25(32)15-31-29-23-8-4-17(28)13-24(23)30-31/h4,8,13,16,18-22,33H,3,5-7,9-12,14-15H2,1-2H3/t16-,18-,19+,20+,21-,22+,26+,27-/m0/s1. The van der Waals surface area contributed by atoms with Crippen LogP contribution < -0.4 is 0 Å². The first-order valence-corrected chi connectivity index (χ1v) is 13.0. The van der Waals surface area contributed by atoms with Gasteiger partial charge in [0, 0.05) is 12.0 Å². The van der Waals surface area contributed by atoms with Crippen LogP contribution in [0.15, 0.2) is 18.2 Å². The van der Waals surface area contributed by atoms with Crippen LogP contribution in [0.5, 0.6) is 0 Å². The number of hydrogen-bond donors (Lipinski definition) is 1. The van der Waals surface area contributed by atoms with Crippen molar-refractivity contribution in [2.45, 2.75) is 83.8 Å². The SMILES string of the molecule is C[C@@]1(O)CC[C@H]2[C@@H](CC[C@@H]3[C@@H]2CC[C@]2(C)[C@@H](C(=O)Cn4nc5ccc(F)cc5n4)CC[C@@H]32)C1. The van der Waals surface area contributed by atoms with E-state index in [0.29, 0.717) is 22.9 Å². The fourth-order valence-corrected chi connectivity index (χ4v) is 8.86. The van der Waals surface area contributed by atoms with E-state index in [4.69, 9.17) is 0 Å². The number of ketones is 1. The Morgan fingerprint density at radius 1 is 1.03 bits per heavy atom. The molecule has 8 atom stereocenters. The molecule has 6 rings (SSSR count). The maximum Gasteiger partial charge on any atom is 0.159 e. The van der Waals surface area contributed by atoms with Crippen LogP contribution in [0.25, 0.3) is 11.0 Å². The molecule has 0 amide bonds. The summed E-state index contributed by atoms with van der Waals surface area (Å²) in [4.78, 5) is 14.9. The van der Waals surface area contributed by atoms with Gasteiger partial charge in [0.05, 0.1) is 5.60 Å². The van der Waals surface area contributed by atoms with Crippen LogP contribution in [-0.4, -0.2) is 31.5 Å². The van der Waals surface area contributed by atoms with Gasteiger partial charge < -0.3 is 5.11 Å². The van der Waals surface area contributed by atoms with Crippen molar-refractivity contribution in [3.63, 3.8) is 0 Å². The summed E-state index contributed by atoms with van der Waals surface area (Å²) in [7, 11) is 0. The summed E-state index contributed by atoms with van der Waals surface area (Å²) < 4.78 is 13.5. The Hall–Kier alpha value is -1.82. The van der Waals surface area contributed by atoms with Crippen molar-refractivity contribution in [3.05, 3.63) is 24.0 Å². The van der Waals surface area contributed by atoms with Crippen LogP contribution in [0.2, 0.25) is 0 Å². The molecule has 5 nitrogen and oxygen atoms in total. The average Bonchev–Trinajstić information content (AvgIpc) is 3.32. The second kappa shape index (κ2) is 7.59. The molecule has 0 spiro atoms. The van der Waals surface area contributed by atoms with Crippen molar-refractivity contribution >= 4 is 16.8 Å². The molecule has 1 heterocycles. The van der Waals surface area contributed by atoms with Gasteiger partial charge in [0.2, 0.25) is 0 Å². The van der Waals surface area contributed by atoms with E-state index >= 15 is 0 Å². The van der Waals surface area contributed by atoms with Crippen molar-refractivity contribution in [2.75, 3.05) is 0 Å². The highest BCUT2D eigenvalue weighted by Gasteiger charge is 2.58. The number of aromatic nitrogens is 3. The van der Waals surface area contributed by atoms with Crippen molar-refractivity contribution in [2.24, 2.45) is 40.9 Å². The van der Waals surface area contributed by atoms with E-state index in [1.807, 2.05) is 6.92 Å². The van der Waals surface area contributed by atoms with Crippen LogP contribution in [0.3, 0.4) is 0 Å². The van der Waals surface area contributed by atoms with E-state index in [-0.39, 0.29) is 29.5 Å². The van der Waals surface area contributed by atoms with E-state index < -0.39 is 5.60 Å². The number of rotatable bonds is 3. The number of hydrogen-bond acceptors (Lipinski definition) is 4. The fourth-order valence-electron chi connectivity index (χ4n) is 8.86. The summed E-state index contributed by atoms with van der Waals surface area (Å²) >= 11 is 0. The third-order valence-corrected chi connectivity index (χ3v) is 10.3. The van der Waals surface area contributed by atoms with Crippen LogP contribution >= 0.6 is 0 Å². The van der Waals surface area contributed by atoms with Gasteiger partial charge in [-0.25, -0.2) is 4.39 Å². The van der Waals surface area contributed by atoms with Gasteiger partial charge in [0.1, 0.15) is 23.4 Å². The first-order valence-electron chi connectivity index (χ1n) is 13.0. The Morgan fingerprint density at radius 3 is 2.67 bits per heavy atom. The van der Waals surface area contributed by atoms with E-state index in [9.17, 15) is 14.3 Å². The largest absolute Gasteiger partial charge is 0.390 e. The summed E-state index contributed by atoms with van der Waals surface area (Å²) in [6.07, 6.45) is 10.1. The van der Waals surface area contributed by atoms with E-state index in [1.54, 1.807) is 6.07 Å². The van der Waals surface area contributed by atoms with Gasteiger partial charge in [-0.2, -0.15) is 15.0 Å². The number of fused-ring (bicyclic) bond motifs is 6. The highest BCUT2D eigenvalue weighted by molar-refractivity contribution is 5.82. The molecule has 2 aromatic rings. The highest BCUT2D eigenvalue weighted by Crippen LogP contribution is 2.64. The molecule has 0 aliphatic heterocycles. The molecule has 4 saturated carbocycles. The molecule has 178 valence electrons. The van der Waals surface area contributed by atoms with E-state index in [1.165, 1.54) is 42.6 Å². The Morgan fingerprint density at radius 2 is 1.82 bits per heavy atom. The lowest BCUT2D eigenvalue weighted by Gasteiger charge is -2.56. The van der Waals surface area contributed by atoms with Gasteiger partial charge in [0.15, 0.2) is 5.78 Å². The molecule has 4 fully saturated rings. The summed E-state index contributed by atoms with van der Waals surface area (Å²) in [6.45, 7) is 4.58. The molecular formula is C27H36FN3O2. The summed E-state index contributed by atoms with van der Waals surface area (Å²) in [5.41, 5.74) is 0.730. The maximum atomic E-state index is 13.5. The second-order valence-corrected chi connectivity index (χ2v) is 12.2. The van der Waals surface area contributed by atoms with Gasteiger partial charge in [-0.15, -0.1) is 0 Å². The van der Waals surface area contributed by atoms with Gasteiger partial charge in [-0.1, -0.05) is 6.92 Å². The second-order valence-electron chi connectivity index (χ2n) is 12.2. The zero-order valence-corrected chi connectivity index (χ0v) is 19.8. The quantitative estimate of drug-likeness (QED) is 0.697. The van der Waals surface area contributed by atoms with Crippen LogP contribution in [-0.2, 0) is 11.3 Å². The van der Waals surface area contributed by atoms with Gasteiger partial charge in [0.25, 0.3) is 0 Å². The lowest BCUT2D eigenvalue weighted by Crippen LogP contribution is -2.51. The van der Waals surface area contributed by atoms with Crippen LogP contribution in [0, 0.1) is 46.7 Å². The molecule has 4 aliphatic carbocycles. The minimum Gasteiger partial charge on any atom is -0.390 e. The molecule has 33 heavy (non-hydrogen) atoms. The van der Waals surface area contributed by atoms with Gasteiger partial charge >= 0.3 is 0 Å². The lowest BCUT2D eigenvalue weighted by atomic mass is 9.49. The van der Waals surface area contributed by atoms with Crippen LogP contribution in [0.1, 0.15) is 71.6 Å². The summed E-state index contributed by atoms with van der Waals surface area (Å²) in [6, 6.07) is 4.37. The lowest BCUT2D eigenvalue weighted by molar-refractivity contribution is -0.133. The van der Waals surface area contributed by atoms with Crippen molar-refractivity contribution in [3.8, 4) is 0 Å². The number of Topliss-reactive ketones (excluding diaryl/α,β-unsaturated/α-hetero) is 1. The number of halogens is 1. The molecule has 6 heteroatoms. The normalized spacial score (nSPS) is 42.5. The number of benzene rings is 1. The molecule has 1 N–H and O–H groups in total. The van der Waals surface area contributed by atoms with Crippen molar-refractivity contribution in [1.82, 2.24) is 15.0 Å². The number of carbonyl (C=O) groups is 1. The van der Waals surface area contributed by atoms with Gasteiger partial charge in [-0.3, -0.25) is 4.79 Å². The zero-order chi connectivity index (χ0) is 23.0. The predicted octanol–water partition coefficient (Wildman–Crippen LogP) is 5.16. The first kappa shape index (κ1) is 21.7. The molecule has 4 aliphatic rings. The monoisotopic (exact) mass is 453 g/mol. The Bertz CT molecular complexity index is 1080. The number of aliphatic hydroxyl groups is 1. The van der Waals surface area contributed by atoms with Crippen molar-refractivity contribution < 1.29 is 14.3 Å². The summed E-state index contributed by atoms with van der Waals surface area (Å²) in [5.74, 6) is 3.57. The average molecular weight is 454 g/mol. The maximum absolute atomic E-state index is 13.5. The molecule has 1 aromatic heterocycles. The van der Waals surface area contributed by atoms with Crippen LogP contribution in [0.4, 0.5) is 4.39 Å². The molecule has 0 saturated heterocycles. The highest BCUT2D eigenvalue weighted by atomic mass is 19.1. The minimum absolute atomic E-state index is 0.0686. The molecule has 1 aromatic carbocycles. The fraction of sp³-hybridized carbons (Fsp3) is 0.741. The minimum atomic E-state index is -0.473. The van der Waals surface area contributed by atoms with E-state index in [2.05, 4.69) is 17.1 Å². The molecule has 0 radical (unpaired) electrons. The molecule has 0 unspecified atom stereocenters. The molecular weight excluding hydrogens is 417 g/mol. The topological polar surface area (TPSA) is 68.0 Å². The van der Waals surface area contributed by atoms with E-state index in [0.717, 1.165) is 49.9 Å². The third-order valence-electron chi connectivity index (χ3n) is 10.3. The number of nitrogens with zero attached hydrogens (tertiary/aromatic N) is 3.